The number of carbonyl (C=O) groups excluding carboxylic acids is 1. The number of nitrogens with one attached hydrogen (secondary N) is 1. The molecule has 1 aromatic heterocycles. The van der Waals surface area contributed by atoms with Crippen molar-refractivity contribution in [3.05, 3.63) is 24.3 Å². The summed E-state index contributed by atoms with van der Waals surface area (Å²) in [7, 11) is -3.49. The van der Waals surface area contributed by atoms with Crippen LogP contribution in [0, 0.1) is 0 Å². The van der Waals surface area contributed by atoms with E-state index >= 15 is 0 Å². The lowest BCUT2D eigenvalue weighted by atomic mass is 10.3. The van der Waals surface area contributed by atoms with Crippen LogP contribution in [-0.2, 0) is 19.5 Å². The monoisotopic (exact) mass is 318 g/mol. The fraction of sp³-hybridized carbons (Fsp3) is 0.273. The Labute approximate surface area is 118 Å². The minimum absolute atomic E-state index is 0.430. The Kier molecular flexibility index (Phi) is 3.76. The molecule has 0 saturated heterocycles. The molecule has 0 aliphatic heterocycles. The molecule has 108 valence electrons. The molecule has 20 heavy (non-hydrogen) atoms. The second kappa shape index (κ2) is 5.08. The number of hydrogen-bond acceptors (Lipinski definition) is 6. The predicted molar refractivity (Wildman–Crippen MR) is 71.5 cm³/mol. The highest BCUT2D eigenvalue weighted by molar-refractivity contribution is 7.95. The Hall–Kier alpha value is -1.58. The molecule has 2 aromatic rings. The maximum Gasteiger partial charge on any atom is 0.297 e. The van der Waals surface area contributed by atoms with Crippen LogP contribution in [0.3, 0.4) is 0 Å². The van der Waals surface area contributed by atoms with Gasteiger partial charge in [-0.15, -0.1) is 11.3 Å². The Morgan fingerprint density at radius 3 is 2.70 bits per heavy atom. The molecule has 1 unspecified atom stereocenters. The summed E-state index contributed by atoms with van der Waals surface area (Å²) in [5.74, 6) is -1.40. The maximum absolute atomic E-state index is 14.3. The van der Waals surface area contributed by atoms with Crippen molar-refractivity contribution < 1.29 is 22.4 Å². The number of carbonyl (C=O) groups is 1. The molecule has 0 spiro atoms. The van der Waals surface area contributed by atoms with Crippen molar-refractivity contribution >= 4 is 37.3 Å². The number of alkyl halides is 1. The lowest BCUT2D eigenvalue weighted by Crippen LogP contribution is -2.46. The van der Waals surface area contributed by atoms with E-state index in [0.717, 1.165) is 18.4 Å². The molecule has 1 amide bonds. The summed E-state index contributed by atoms with van der Waals surface area (Å²) < 4.78 is 38.9. The number of thiazole rings is 1. The highest BCUT2D eigenvalue weighted by atomic mass is 32.2. The van der Waals surface area contributed by atoms with Gasteiger partial charge in [0.25, 0.3) is 10.9 Å². The van der Waals surface area contributed by atoms with Crippen molar-refractivity contribution in [1.29, 1.82) is 0 Å². The smallest absolute Gasteiger partial charge is 0.277 e. The van der Waals surface area contributed by atoms with Crippen LogP contribution in [0.2, 0.25) is 0 Å². The van der Waals surface area contributed by atoms with E-state index in [9.17, 15) is 17.6 Å². The van der Waals surface area contributed by atoms with Gasteiger partial charge in [0, 0.05) is 0 Å². The van der Waals surface area contributed by atoms with E-state index in [1.165, 1.54) is 0 Å². The van der Waals surface area contributed by atoms with Crippen LogP contribution in [0.25, 0.3) is 10.2 Å². The zero-order valence-corrected chi connectivity index (χ0v) is 12.2. The molecule has 0 fully saturated rings. The highest BCUT2D eigenvalue weighted by Crippen LogP contribution is 2.33. The van der Waals surface area contributed by atoms with Crippen molar-refractivity contribution in [1.82, 2.24) is 10.5 Å². The molecule has 1 N–H and O–H groups in total. The zero-order chi connectivity index (χ0) is 15.0. The number of amides is 1. The van der Waals surface area contributed by atoms with Crippen molar-refractivity contribution in [2.24, 2.45) is 0 Å². The van der Waals surface area contributed by atoms with Crippen LogP contribution >= 0.6 is 11.3 Å². The van der Waals surface area contributed by atoms with Crippen LogP contribution in [0.5, 0.6) is 0 Å². The third kappa shape index (κ3) is 2.28. The minimum Gasteiger partial charge on any atom is -0.277 e. The fourth-order valence-electron chi connectivity index (χ4n) is 1.44. The topological polar surface area (TPSA) is 85.4 Å². The van der Waals surface area contributed by atoms with E-state index in [0.29, 0.717) is 17.1 Å². The number of fused-ring (bicyclic) bond motifs is 1. The number of sulfone groups is 1. The first-order valence-corrected chi connectivity index (χ1v) is 7.73. The number of para-hydroxylation sites is 1. The lowest BCUT2D eigenvalue weighted by molar-refractivity contribution is -0.137. The number of halogens is 1. The first kappa shape index (κ1) is 14.8. The van der Waals surface area contributed by atoms with Crippen molar-refractivity contribution in [2.45, 2.75) is 16.3 Å². The van der Waals surface area contributed by atoms with Gasteiger partial charge in [0.05, 0.1) is 17.3 Å². The number of hydroxylamine groups is 1. The SMILES string of the molecule is CONC(=O)C(C)(F)S(=O)(=O)c1nc2ccccc2s1. The second-order valence-electron chi connectivity index (χ2n) is 4.00. The number of nitrogens with zero attached hydrogens (tertiary/aromatic N) is 1. The molecule has 1 heterocycles. The number of aromatic nitrogens is 1. The fourth-order valence-corrected chi connectivity index (χ4v) is 4.14. The second-order valence-corrected chi connectivity index (χ2v) is 7.45. The van der Waals surface area contributed by atoms with Crippen molar-refractivity contribution in [2.75, 3.05) is 7.11 Å². The molecule has 1 aromatic carbocycles. The first-order chi connectivity index (χ1) is 9.30. The van der Waals surface area contributed by atoms with Crippen LogP contribution in [0.1, 0.15) is 6.92 Å². The molecule has 0 aliphatic rings. The van der Waals surface area contributed by atoms with Crippen LogP contribution in [-0.4, -0.2) is 31.4 Å². The van der Waals surface area contributed by atoms with E-state index in [1.807, 2.05) is 0 Å². The van der Waals surface area contributed by atoms with Crippen LogP contribution < -0.4 is 5.48 Å². The molecule has 2 rings (SSSR count). The van der Waals surface area contributed by atoms with Gasteiger partial charge in [-0.3, -0.25) is 9.63 Å². The molecular weight excluding hydrogens is 307 g/mol. The van der Waals surface area contributed by atoms with E-state index in [2.05, 4.69) is 9.82 Å². The van der Waals surface area contributed by atoms with E-state index in [-0.39, 0.29) is 0 Å². The number of hydrogen-bond donors (Lipinski definition) is 1. The van der Waals surface area contributed by atoms with Crippen LogP contribution in [0.15, 0.2) is 28.6 Å². The Bertz CT molecular complexity index is 722. The van der Waals surface area contributed by atoms with E-state index in [4.69, 9.17) is 0 Å². The van der Waals surface area contributed by atoms with Gasteiger partial charge >= 0.3 is 0 Å². The Morgan fingerprint density at radius 2 is 2.10 bits per heavy atom. The summed E-state index contributed by atoms with van der Waals surface area (Å²) in [6.45, 7) is 0.656. The summed E-state index contributed by atoms with van der Waals surface area (Å²) in [5.41, 5.74) is 2.11. The maximum atomic E-state index is 14.3. The van der Waals surface area contributed by atoms with E-state index in [1.54, 1.807) is 29.7 Å². The summed E-state index contributed by atoms with van der Waals surface area (Å²) in [5, 5.41) is -3.17. The quantitative estimate of drug-likeness (QED) is 0.862. The largest absolute Gasteiger partial charge is 0.297 e. The molecule has 1 atom stereocenters. The molecule has 0 aliphatic carbocycles. The molecule has 9 heteroatoms. The van der Waals surface area contributed by atoms with Gasteiger partial charge in [-0.2, -0.15) is 0 Å². The third-order valence-electron chi connectivity index (χ3n) is 2.61. The molecular formula is C11H11FN2O4S2. The molecule has 0 bridgehead atoms. The van der Waals surface area contributed by atoms with E-state index < -0.39 is 25.1 Å². The van der Waals surface area contributed by atoms with Gasteiger partial charge in [0.15, 0.2) is 0 Å². The Balaban J connectivity index is 2.51. The van der Waals surface area contributed by atoms with Gasteiger partial charge in [0.1, 0.15) is 0 Å². The Morgan fingerprint density at radius 1 is 1.45 bits per heavy atom. The minimum atomic E-state index is -4.57. The van der Waals surface area contributed by atoms with Gasteiger partial charge in [0.2, 0.25) is 14.2 Å². The summed E-state index contributed by atoms with van der Waals surface area (Å²) in [4.78, 5) is 19.6. The zero-order valence-electron chi connectivity index (χ0n) is 10.6. The molecule has 0 saturated carbocycles. The average Bonchev–Trinajstić information content (AvgIpc) is 2.83. The summed E-state index contributed by atoms with van der Waals surface area (Å²) in [6.07, 6.45) is 0. The highest BCUT2D eigenvalue weighted by Gasteiger charge is 2.50. The standard InChI is InChI=1S/C11H11FN2O4S2/c1-11(12,9(15)14-18-2)20(16,17)10-13-7-5-3-4-6-8(7)19-10/h3-6H,1-2H3,(H,14,15). The average molecular weight is 318 g/mol. The third-order valence-corrected chi connectivity index (χ3v) is 6.09. The van der Waals surface area contributed by atoms with Crippen molar-refractivity contribution in [3.8, 4) is 0 Å². The lowest BCUT2D eigenvalue weighted by Gasteiger charge is -2.17. The van der Waals surface area contributed by atoms with Crippen LogP contribution in [0.4, 0.5) is 4.39 Å². The number of benzene rings is 1. The summed E-state index contributed by atoms with van der Waals surface area (Å²) in [6, 6.07) is 6.67. The van der Waals surface area contributed by atoms with Gasteiger partial charge in [-0.05, 0) is 19.1 Å². The number of rotatable bonds is 4. The van der Waals surface area contributed by atoms with Gasteiger partial charge < -0.3 is 0 Å². The first-order valence-electron chi connectivity index (χ1n) is 5.43. The molecule has 6 nitrogen and oxygen atoms in total. The van der Waals surface area contributed by atoms with Gasteiger partial charge in [-0.1, -0.05) is 12.1 Å². The van der Waals surface area contributed by atoms with Crippen molar-refractivity contribution in [3.63, 3.8) is 0 Å². The normalized spacial score (nSPS) is 14.9. The van der Waals surface area contributed by atoms with Gasteiger partial charge in [-0.25, -0.2) is 23.3 Å². The summed E-state index contributed by atoms with van der Waals surface area (Å²) >= 11 is 0.807. The molecule has 0 radical (unpaired) electrons. The predicted octanol–water partition coefficient (Wildman–Crippen LogP) is 1.43.